The Kier molecular flexibility index (Phi) is 8.42. The molecule has 12 rings (SSSR count). The van der Waals surface area contributed by atoms with Crippen molar-refractivity contribution in [1.82, 2.24) is 4.57 Å². The number of rotatable bonds is 6. The van der Waals surface area contributed by atoms with Gasteiger partial charge in [-0.1, -0.05) is 189 Å². The average molecular weight is 806 g/mol. The second-order valence-electron chi connectivity index (χ2n) is 16.9. The Morgan fingerprint density at radius 1 is 0.556 bits per heavy atom. The fraction of sp³-hybridized carbons (Fsp3) is 0.0667. The molecule has 3 nitrogen and oxygen atoms in total. The molecule has 298 valence electrons. The summed E-state index contributed by atoms with van der Waals surface area (Å²) in [6.45, 7) is 8.54. The first-order valence-corrected chi connectivity index (χ1v) is 21.8. The molecule has 1 aliphatic heterocycles. The maximum absolute atomic E-state index is 5.22. The summed E-state index contributed by atoms with van der Waals surface area (Å²) in [4.78, 5) is 10.4. The van der Waals surface area contributed by atoms with Crippen LogP contribution >= 0.6 is 0 Å². The average Bonchev–Trinajstić information content (AvgIpc) is 3.66. The number of hydrogen-bond donors (Lipinski definition) is 0. The van der Waals surface area contributed by atoms with E-state index in [1.165, 1.54) is 88.3 Å². The van der Waals surface area contributed by atoms with Gasteiger partial charge in [-0.25, -0.2) is 4.99 Å². The standard InChI is InChI=1S/C60H43N3/c1-4-40-19-11-12-24-44(40)49-36-50-48-27-18-31-54-58(48)63(56(50)35-38(49)2)55-32-16-15-29-52(55)60(54)51-28-14-13-25-46(51)47-34-33-43(45-26-17-30-53(60)57(45)47)37-61-59(42-22-9-6-10-23-42)62-39(3)41-20-7-5-8-21-41/h4-37,39H,1H2,2-3H3/t39-,60?/m1/s1. The number of hydrogen-bond acceptors (Lipinski definition) is 1. The molecule has 2 atom stereocenters. The van der Waals surface area contributed by atoms with E-state index in [1.807, 2.05) is 24.4 Å². The van der Waals surface area contributed by atoms with Gasteiger partial charge in [0.25, 0.3) is 0 Å². The quantitative estimate of drug-likeness (QED) is 0.118. The van der Waals surface area contributed by atoms with Crippen LogP contribution in [0.3, 0.4) is 0 Å². The predicted octanol–water partition coefficient (Wildman–Crippen LogP) is 14.9. The molecule has 63 heavy (non-hydrogen) atoms. The zero-order valence-corrected chi connectivity index (χ0v) is 35.3. The largest absolute Gasteiger partial charge is 0.309 e. The third-order valence-corrected chi connectivity index (χ3v) is 13.6. The minimum absolute atomic E-state index is 0.0608. The van der Waals surface area contributed by atoms with Gasteiger partial charge >= 0.3 is 0 Å². The normalized spacial score (nSPS) is 15.6. The Labute approximate surface area is 367 Å². The zero-order chi connectivity index (χ0) is 42.2. The molecule has 1 aromatic heterocycles. The van der Waals surface area contributed by atoms with Crippen LogP contribution in [0, 0.1) is 6.92 Å². The van der Waals surface area contributed by atoms with E-state index < -0.39 is 5.41 Å². The summed E-state index contributed by atoms with van der Waals surface area (Å²) in [5.74, 6) is 0.710. The highest BCUT2D eigenvalue weighted by molar-refractivity contribution is 6.17. The molecule has 2 aliphatic rings. The predicted molar refractivity (Wildman–Crippen MR) is 265 cm³/mol. The molecule has 0 bridgehead atoms. The fourth-order valence-corrected chi connectivity index (χ4v) is 10.8. The number of aliphatic imine (C=N–C) groups is 2. The van der Waals surface area contributed by atoms with Gasteiger partial charge in [0, 0.05) is 28.1 Å². The second kappa shape index (κ2) is 14.4. The van der Waals surface area contributed by atoms with E-state index in [9.17, 15) is 0 Å². The van der Waals surface area contributed by atoms with Gasteiger partial charge < -0.3 is 4.57 Å². The molecule has 0 N–H and O–H groups in total. The van der Waals surface area contributed by atoms with Crippen molar-refractivity contribution in [3.63, 3.8) is 0 Å². The van der Waals surface area contributed by atoms with Gasteiger partial charge in [0.1, 0.15) is 0 Å². The summed E-state index contributed by atoms with van der Waals surface area (Å²) in [6.07, 6.45) is 3.99. The van der Waals surface area contributed by atoms with Gasteiger partial charge in [0.05, 0.1) is 28.2 Å². The third kappa shape index (κ3) is 5.39. The van der Waals surface area contributed by atoms with Crippen LogP contribution in [0.15, 0.2) is 211 Å². The van der Waals surface area contributed by atoms with Crippen LogP contribution in [0.4, 0.5) is 0 Å². The van der Waals surface area contributed by atoms with Crippen LogP contribution in [-0.2, 0) is 5.41 Å². The molecule has 0 amide bonds. The summed E-state index contributed by atoms with van der Waals surface area (Å²) in [5, 5.41) is 4.92. The molecule has 10 aromatic rings. The Hall–Kier alpha value is -7.88. The highest BCUT2D eigenvalue weighted by atomic mass is 15.0. The molecule has 0 saturated heterocycles. The first-order chi connectivity index (χ1) is 31.1. The van der Waals surface area contributed by atoms with Crippen molar-refractivity contribution >= 4 is 50.7 Å². The minimum atomic E-state index is -0.603. The number of benzene rings is 9. The Morgan fingerprint density at radius 3 is 2.03 bits per heavy atom. The van der Waals surface area contributed by atoms with E-state index >= 15 is 0 Å². The molecule has 9 aromatic carbocycles. The van der Waals surface area contributed by atoms with Crippen molar-refractivity contribution in [3.05, 3.63) is 251 Å². The van der Waals surface area contributed by atoms with E-state index in [1.54, 1.807) is 0 Å². The van der Waals surface area contributed by atoms with Gasteiger partial charge in [-0.3, -0.25) is 4.99 Å². The van der Waals surface area contributed by atoms with E-state index in [-0.39, 0.29) is 6.04 Å². The number of para-hydroxylation sites is 2. The van der Waals surface area contributed by atoms with Gasteiger partial charge in [0.15, 0.2) is 5.84 Å². The number of amidine groups is 1. The highest BCUT2D eigenvalue weighted by Gasteiger charge is 2.49. The van der Waals surface area contributed by atoms with Crippen molar-refractivity contribution in [1.29, 1.82) is 0 Å². The lowest BCUT2D eigenvalue weighted by atomic mass is 9.58. The van der Waals surface area contributed by atoms with E-state index in [4.69, 9.17) is 9.98 Å². The molecule has 0 radical (unpaired) electrons. The molecule has 0 saturated carbocycles. The summed E-state index contributed by atoms with van der Waals surface area (Å²) in [6, 6.07) is 70.7. The topological polar surface area (TPSA) is 29.6 Å². The summed E-state index contributed by atoms with van der Waals surface area (Å²) in [5.41, 5.74) is 18.7. The SMILES string of the molecule is C=Cc1ccccc1-c1cc2c3cccc4c3n(c2cc1C)-c1ccccc1C41c2ccccc2-c2ccc(C=NC(=N[C@H](C)c3ccccc3)c3ccccc3)c3cccc1c23. The lowest BCUT2D eigenvalue weighted by molar-refractivity contribution is 0.732. The third-order valence-electron chi connectivity index (χ3n) is 13.6. The van der Waals surface area contributed by atoms with Crippen LogP contribution < -0.4 is 0 Å². The maximum Gasteiger partial charge on any atom is 0.155 e. The molecular weight excluding hydrogens is 763 g/mol. The molecular formula is C60H43N3. The first-order valence-electron chi connectivity index (χ1n) is 21.8. The molecule has 0 fully saturated rings. The molecule has 1 unspecified atom stereocenters. The molecule has 1 spiro atoms. The van der Waals surface area contributed by atoms with Crippen molar-refractivity contribution in [2.75, 3.05) is 0 Å². The van der Waals surface area contributed by atoms with Crippen molar-refractivity contribution in [2.24, 2.45) is 9.98 Å². The van der Waals surface area contributed by atoms with Gasteiger partial charge in [0.2, 0.25) is 0 Å². The van der Waals surface area contributed by atoms with E-state index in [2.05, 4.69) is 207 Å². The fourth-order valence-electron chi connectivity index (χ4n) is 10.8. The summed E-state index contributed by atoms with van der Waals surface area (Å²) < 4.78 is 2.54. The van der Waals surface area contributed by atoms with Gasteiger partial charge in [-0.15, -0.1) is 0 Å². The summed E-state index contributed by atoms with van der Waals surface area (Å²) in [7, 11) is 0. The summed E-state index contributed by atoms with van der Waals surface area (Å²) >= 11 is 0. The van der Waals surface area contributed by atoms with Gasteiger partial charge in [-0.05, 0) is 104 Å². The molecule has 3 heteroatoms. The monoisotopic (exact) mass is 805 g/mol. The van der Waals surface area contributed by atoms with Crippen molar-refractivity contribution < 1.29 is 0 Å². The van der Waals surface area contributed by atoms with Crippen LogP contribution in [0.5, 0.6) is 0 Å². The zero-order valence-electron chi connectivity index (χ0n) is 35.3. The Morgan fingerprint density at radius 2 is 1.22 bits per heavy atom. The van der Waals surface area contributed by atoms with Gasteiger partial charge in [-0.2, -0.15) is 0 Å². The van der Waals surface area contributed by atoms with Crippen molar-refractivity contribution in [2.45, 2.75) is 25.3 Å². The van der Waals surface area contributed by atoms with Crippen LogP contribution in [0.2, 0.25) is 0 Å². The molecule has 2 heterocycles. The van der Waals surface area contributed by atoms with E-state index in [0.29, 0.717) is 5.84 Å². The van der Waals surface area contributed by atoms with Crippen molar-refractivity contribution in [3.8, 4) is 27.9 Å². The maximum atomic E-state index is 5.22. The number of aromatic nitrogens is 1. The highest BCUT2D eigenvalue weighted by Crippen LogP contribution is 2.60. The lowest BCUT2D eigenvalue weighted by Crippen LogP contribution is -2.37. The van der Waals surface area contributed by atoms with Crippen LogP contribution in [0.25, 0.3) is 66.6 Å². The minimum Gasteiger partial charge on any atom is -0.309 e. The number of fused-ring (bicyclic) bond motifs is 11. The lowest BCUT2D eigenvalue weighted by Gasteiger charge is -2.45. The van der Waals surface area contributed by atoms with E-state index in [0.717, 1.165) is 22.3 Å². The molecule has 1 aliphatic carbocycles. The first kappa shape index (κ1) is 36.9. The number of aryl methyl sites for hydroxylation is 1. The smallest absolute Gasteiger partial charge is 0.155 e. The van der Waals surface area contributed by atoms with Crippen LogP contribution in [-0.4, -0.2) is 16.6 Å². The van der Waals surface area contributed by atoms with Crippen LogP contribution in [0.1, 0.15) is 63.0 Å². The second-order valence-corrected chi connectivity index (χ2v) is 16.9. The Bertz CT molecular complexity index is 3550. The Balaban J connectivity index is 1.12. The number of nitrogens with zero attached hydrogens (tertiary/aromatic N) is 3.